The Kier molecular flexibility index (Phi) is 3.75. The number of carbonyl (C=O) groups excluding carboxylic acids is 1. The second-order valence-corrected chi connectivity index (χ2v) is 8.82. The molecule has 0 radical (unpaired) electrons. The van der Waals surface area contributed by atoms with Crippen LogP contribution in [0.3, 0.4) is 0 Å². The molecule has 27 heavy (non-hydrogen) atoms. The fourth-order valence-corrected chi connectivity index (χ4v) is 5.85. The number of carbonyl (C=O) groups is 1. The van der Waals surface area contributed by atoms with E-state index in [1.165, 1.54) is 23.5 Å². The molecule has 0 unspecified atom stereocenters. The molecule has 8 heteroatoms. The number of amides is 1. The van der Waals surface area contributed by atoms with Gasteiger partial charge >= 0.3 is 6.36 Å². The number of nitrogens with one attached hydrogen (secondary N) is 1. The van der Waals surface area contributed by atoms with Gasteiger partial charge in [0, 0.05) is 10.2 Å². The average molecular weight is 396 g/mol. The molecule has 1 atom stereocenters. The molecule has 6 rings (SSSR count). The lowest BCUT2D eigenvalue weighted by Crippen LogP contribution is -2.65. The summed E-state index contributed by atoms with van der Waals surface area (Å²) in [6, 6.07) is 6.09. The van der Waals surface area contributed by atoms with Gasteiger partial charge in [-0.25, -0.2) is 0 Å². The molecule has 1 aromatic heterocycles. The van der Waals surface area contributed by atoms with Gasteiger partial charge in [-0.15, -0.1) is 24.5 Å². The van der Waals surface area contributed by atoms with Crippen molar-refractivity contribution in [3.05, 3.63) is 29.1 Å². The monoisotopic (exact) mass is 396 g/mol. The molecule has 144 valence electrons. The first kappa shape index (κ1) is 17.3. The summed E-state index contributed by atoms with van der Waals surface area (Å²) in [5.74, 6) is 0.139. The number of halogens is 3. The number of piperidine rings is 3. The van der Waals surface area contributed by atoms with Crippen LogP contribution in [-0.4, -0.2) is 41.8 Å². The number of hydrogen-bond donors (Lipinski definition) is 1. The normalized spacial score (nSPS) is 28.5. The molecule has 3 aliphatic heterocycles. The van der Waals surface area contributed by atoms with Crippen LogP contribution in [0.4, 0.5) is 13.2 Å². The minimum Gasteiger partial charge on any atom is -0.406 e. The summed E-state index contributed by atoms with van der Waals surface area (Å²) in [5, 5.41) is 4.00. The third kappa shape index (κ3) is 2.99. The van der Waals surface area contributed by atoms with Gasteiger partial charge in [-0.05, 0) is 74.3 Å². The Balaban J connectivity index is 1.36. The molecule has 4 fully saturated rings. The molecule has 1 aliphatic carbocycles. The summed E-state index contributed by atoms with van der Waals surface area (Å²) < 4.78 is 41.8. The van der Waals surface area contributed by atoms with Crippen LogP contribution in [0.1, 0.15) is 35.4 Å². The minimum atomic E-state index is -4.72. The van der Waals surface area contributed by atoms with Crippen molar-refractivity contribution >= 4 is 27.3 Å². The maximum absolute atomic E-state index is 12.9. The Morgan fingerprint density at radius 2 is 1.96 bits per heavy atom. The first-order chi connectivity index (χ1) is 12.8. The standard InChI is InChI=1S/C19H19F3N2O2S/c20-19(21,22)26-13-2-1-12-9-15(27-14(12)10-13)17(25)23-16-11-3-7-24(8-4-11)18(16)5-6-18/h1-2,9-11,16H,3-8H2,(H,23,25)/t16-/m0/s1. The lowest BCUT2D eigenvalue weighted by atomic mass is 9.77. The first-order valence-electron chi connectivity index (χ1n) is 9.19. The molecule has 2 bridgehead atoms. The van der Waals surface area contributed by atoms with Crippen LogP contribution in [0.25, 0.3) is 10.1 Å². The number of hydrogen-bond acceptors (Lipinski definition) is 4. The van der Waals surface area contributed by atoms with Gasteiger partial charge in [-0.2, -0.15) is 0 Å². The minimum absolute atomic E-state index is 0.125. The van der Waals surface area contributed by atoms with Crippen LogP contribution in [0, 0.1) is 5.92 Å². The fourth-order valence-electron chi connectivity index (χ4n) is 4.85. The molecule has 3 saturated heterocycles. The fraction of sp³-hybridized carbons (Fsp3) is 0.526. The molecule has 2 aromatic rings. The third-order valence-corrected chi connectivity index (χ3v) is 7.31. The molecular formula is C19H19F3N2O2S. The zero-order chi connectivity index (χ0) is 18.8. The molecule has 1 saturated carbocycles. The number of rotatable bonds is 3. The summed E-state index contributed by atoms with van der Waals surface area (Å²) in [6.07, 6.45) is -0.203. The molecule has 1 aromatic carbocycles. The van der Waals surface area contributed by atoms with Crippen molar-refractivity contribution in [1.82, 2.24) is 10.2 Å². The van der Waals surface area contributed by atoms with Crippen molar-refractivity contribution in [2.24, 2.45) is 5.92 Å². The Morgan fingerprint density at radius 1 is 1.22 bits per heavy atom. The summed E-state index contributed by atoms with van der Waals surface area (Å²) in [4.78, 5) is 15.9. The first-order valence-corrected chi connectivity index (χ1v) is 10.0. The second kappa shape index (κ2) is 5.85. The van der Waals surface area contributed by atoms with Gasteiger partial charge in [0.25, 0.3) is 5.91 Å². The maximum Gasteiger partial charge on any atom is 0.573 e. The third-order valence-electron chi connectivity index (χ3n) is 6.22. The quantitative estimate of drug-likeness (QED) is 0.847. The molecule has 1 spiro atoms. The highest BCUT2D eigenvalue weighted by Crippen LogP contribution is 2.53. The van der Waals surface area contributed by atoms with Gasteiger partial charge < -0.3 is 10.1 Å². The highest BCUT2D eigenvalue weighted by molar-refractivity contribution is 7.20. The van der Waals surface area contributed by atoms with E-state index in [0.717, 1.165) is 44.2 Å². The molecule has 4 aliphatic rings. The predicted octanol–water partition coefficient (Wildman–Crippen LogP) is 4.16. The van der Waals surface area contributed by atoms with E-state index in [1.807, 2.05) is 0 Å². The smallest absolute Gasteiger partial charge is 0.406 e. The Hall–Kier alpha value is -1.80. The van der Waals surface area contributed by atoms with Crippen LogP contribution < -0.4 is 10.1 Å². The summed E-state index contributed by atoms with van der Waals surface area (Å²) in [6.45, 7) is 2.25. The van der Waals surface area contributed by atoms with Crippen LogP contribution in [-0.2, 0) is 0 Å². The van der Waals surface area contributed by atoms with Gasteiger partial charge in [0.2, 0.25) is 0 Å². The lowest BCUT2D eigenvalue weighted by molar-refractivity contribution is -0.274. The van der Waals surface area contributed by atoms with Gasteiger partial charge in [0.05, 0.1) is 10.9 Å². The van der Waals surface area contributed by atoms with E-state index in [9.17, 15) is 18.0 Å². The van der Waals surface area contributed by atoms with Gasteiger partial charge in [0.1, 0.15) is 5.75 Å². The topological polar surface area (TPSA) is 41.6 Å². The number of ether oxygens (including phenoxy) is 1. The molecule has 1 amide bonds. The summed E-state index contributed by atoms with van der Waals surface area (Å²) in [7, 11) is 0. The van der Waals surface area contributed by atoms with Gasteiger partial charge in [-0.1, -0.05) is 0 Å². The van der Waals surface area contributed by atoms with Crippen molar-refractivity contribution in [3.8, 4) is 5.75 Å². The molecule has 4 heterocycles. The Bertz CT molecular complexity index is 898. The largest absolute Gasteiger partial charge is 0.573 e. The average Bonchev–Trinajstić information content (AvgIpc) is 3.27. The van der Waals surface area contributed by atoms with Gasteiger partial charge in [-0.3, -0.25) is 9.69 Å². The Labute approximate surface area is 158 Å². The van der Waals surface area contributed by atoms with Gasteiger partial charge in [0.15, 0.2) is 0 Å². The van der Waals surface area contributed by atoms with E-state index in [2.05, 4.69) is 15.0 Å². The Morgan fingerprint density at radius 3 is 2.63 bits per heavy atom. The van der Waals surface area contributed by atoms with E-state index in [4.69, 9.17) is 0 Å². The van der Waals surface area contributed by atoms with Crippen LogP contribution in [0.2, 0.25) is 0 Å². The predicted molar refractivity (Wildman–Crippen MR) is 96.0 cm³/mol. The number of fused-ring (bicyclic) bond motifs is 3. The summed E-state index contributed by atoms with van der Waals surface area (Å²) >= 11 is 1.20. The summed E-state index contributed by atoms with van der Waals surface area (Å²) in [5.41, 5.74) is 0.154. The SMILES string of the molecule is O=C(N[C@H]1C2CCN(CC2)C12CC2)c1cc2ccc(OC(F)(F)F)cc2s1. The zero-order valence-electron chi connectivity index (χ0n) is 14.5. The van der Waals surface area contributed by atoms with Crippen molar-refractivity contribution in [3.63, 3.8) is 0 Å². The molecule has 4 nitrogen and oxygen atoms in total. The number of nitrogens with zero attached hydrogens (tertiary/aromatic N) is 1. The van der Waals surface area contributed by atoms with E-state index in [1.54, 1.807) is 12.1 Å². The van der Waals surface area contributed by atoms with E-state index in [-0.39, 0.29) is 23.2 Å². The molecule has 1 N–H and O–H groups in total. The number of thiophene rings is 1. The second-order valence-electron chi connectivity index (χ2n) is 7.74. The van der Waals surface area contributed by atoms with E-state index >= 15 is 0 Å². The van der Waals surface area contributed by atoms with Crippen molar-refractivity contribution in [1.29, 1.82) is 0 Å². The van der Waals surface area contributed by atoms with Crippen LogP contribution in [0.5, 0.6) is 5.75 Å². The zero-order valence-corrected chi connectivity index (χ0v) is 15.3. The van der Waals surface area contributed by atoms with Crippen molar-refractivity contribution < 1.29 is 22.7 Å². The number of benzene rings is 1. The van der Waals surface area contributed by atoms with E-state index < -0.39 is 6.36 Å². The van der Waals surface area contributed by atoms with Crippen molar-refractivity contribution in [2.45, 2.75) is 43.6 Å². The van der Waals surface area contributed by atoms with Crippen LogP contribution >= 0.6 is 11.3 Å². The molecular weight excluding hydrogens is 377 g/mol. The number of alkyl halides is 3. The van der Waals surface area contributed by atoms with Crippen LogP contribution in [0.15, 0.2) is 24.3 Å². The maximum atomic E-state index is 12.9. The lowest BCUT2D eigenvalue weighted by Gasteiger charge is -2.52. The highest BCUT2D eigenvalue weighted by Gasteiger charge is 2.60. The van der Waals surface area contributed by atoms with E-state index in [0.29, 0.717) is 15.5 Å². The van der Waals surface area contributed by atoms with Crippen molar-refractivity contribution in [2.75, 3.05) is 13.1 Å². The highest BCUT2D eigenvalue weighted by atomic mass is 32.1.